The Hall–Kier alpha value is -2.81. The molecule has 0 bridgehead atoms. The first-order valence-corrected chi connectivity index (χ1v) is 11.6. The minimum absolute atomic E-state index is 0.360. The molecule has 3 heteroatoms. The zero-order valence-corrected chi connectivity index (χ0v) is 18.9. The summed E-state index contributed by atoms with van der Waals surface area (Å²) in [6.45, 7) is 5.03. The van der Waals surface area contributed by atoms with E-state index >= 15 is 0 Å². The highest BCUT2D eigenvalue weighted by Crippen LogP contribution is 2.23. The maximum absolute atomic E-state index is 12.5. The summed E-state index contributed by atoms with van der Waals surface area (Å²) < 4.78 is 11.4. The average molecular weight is 419 g/mol. The highest BCUT2D eigenvalue weighted by Gasteiger charge is 2.09. The largest absolute Gasteiger partial charge is 0.494 e. The van der Waals surface area contributed by atoms with Crippen molar-refractivity contribution in [2.75, 3.05) is 6.61 Å². The number of rotatable bonds is 12. The van der Waals surface area contributed by atoms with Crippen LogP contribution in [0.15, 0.2) is 60.7 Å². The number of carbonyl (C=O) groups excluding carboxylic acids is 1. The summed E-state index contributed by atoms with van der Waals surface area (Å²) >= 11 is 0. The van der Waals surface area contributed by atoms with Crippen molar-refractivity contribution < 1.29 is 14.3 Å². The van der Waals surface area contributed by atoms with E-state index in [1.54, 1.807) is 12.1 Å². The molecule has 3 aromatic rings. The third kappa shape index (κ3) is 7.43. The van der Waals surface area contributed by atoms with E-state index in [2.05, 4.69) is 26.0 Å². The smallest absolute Gasteiger partial charge is 0.343 e. The van der Waals surface area contributed by atoms with Gasteiger partial charge in [-0.25, -0.2) is 4.79 Å². The van der Waals surface area contributed by atoms with E-state index in [9.17, 15) is 4.79 Å². The molecule has 0 saturated heterocycles. The lowest BCUT2D eigenvalue weighted by atomic mass is 10.1. The van der Waals surface area contributed by atoms with Crippen LogP contribution in [0.5, 0.6) is 11.5 Å². The molecule has 0 aliphatic heterocycles. The van der Waals surface area contributed by atoms with Gasteiger partial charge in [-0.2, -0.15) is 0 Å². The molecule has 164 valence electrons. The van der Waals surface area contributed by atoms with Crippen LogP contribution < -0.4 is 9.47 Å². The van der Waals surface area contributed by atoms with Crippen LogP contribution in [0.2, 0.25) is 0 Å². The van der Waals surface area contributed by atoms with Crippen molar-refractivity contribution in [1.82, 2.24) is 0 Å². The summed E-state index contributed by atoms with van der Waals surface area (Å²) in [4.78, 5) is 12.5. The van der Waals surface area contributed by atoms with Crippen molar-refractivity contribution in [3.05, 3.63) is 71.8 Å². The lowest BCUT2D eigenvalue weighted by molar-refractivity contribution is 0.0735. The number of hydrogen-bond donors (Lipinski definition) is 0. The zero-order chi connectivity index (χ0) is 21.9. The third-order valence-corrected chi connectivity index (χ3v) is 5.53. The molecule has 0 amide bonds. The van der Waals surface area contributed by atoms with Crippen LogP contribution in [0.1, 0.15) is 74.2 Å². The number of esters is 1. The van der Waals surface area contributed by atoms with Gasteiger partial charge in [0.1, 0.15) is 11.5 Å². The number of ether oxygens (including phenoxy) is 2. The molecule has 0 aliphatic carbocycles. The zero-order valence-electron chi connectivity index (χ0n) is 18.9. The first-order chi connectivity index (χ1) is 15.2. The molecule has 0 unspecified atom stereocenters. The molecule has 0 aromatic heterocycles. The van der Waals surface area contributed by atoms with Crippen molar-refractivity contribution in [2.45, 2.75) is 65.2 Å². The highest BCUT2D eigenvalue weighted by molar-refractivity contribution is 5.92. The van der Waals surface area contributed by atoms with Crippen molar-refractivity contribution in [1.29, 1.82) is 0 Å². The van der Waals surface area contributed by atoms with E-state index in [1.165, 1.54) is 50.5 Å². The van der Waals surface area contributed by atoms with Gasteiger partial charge in [0.25, 0.3) is 0 Å². The van der Waals surface area contributed by atoms with Crippen LogP contribution >= 0.6 is 0 Å². The molecule has 0 heterocycles. The summed E-state index contributed by atoms with van der Waals surface area (Å²) in [6, 6.07) is 19.1. The van der Waals surface area contributed by atoms with E-state index in [0.717, 1.165) is 29.5 Å². The molecule has 0 aliphatic rings. The average Bonchev–Trinajstić information content (AvgIpc) is 2.78. The van der Waals surface area contributed by atoms with E-state index in [1.807, 2.05) is 36.4 Å². The minimum Gasteiger partial charge on any atom is -0.494 e. The molecule has 3 rings (SSSR count). The Morgan fingerprint density at radius 1 is 0.710 bits per heavy atom. The molecular formula is C28H34O3. The van der Waals surface area contributed by atoms with Crippen LogP contribution in [0.4, 0.5) is 0 Å². The van der Waals surface area contributed by atoms with Crippen molar-refractivity contribution >= 4 is 16.7 Å². The Kier molecular flexibility index (Phi) is 8.96. The topological polar surface area (TPSA) is 35.5 Å². The SMILES string of the molecule is CCCCCCCCCCOc1ccc(C(=O)Oc2ccc3cc(C)ccc3c2)cc1. The van der Waals surface area contributed by atoms with Crippen molar-refractivity contribution in [3.8, 4) is 11.5 Å². The maximum atomic E-state index is 12.5. The van der Waals surface area contributed by atoms with Gasteiger partial charge < -0.3 is 9.47 Å². The Labute approximate surface area is 186 Å². The summed E-state index contributed by atoms with van der Waals surface area (Å²) in [6.07, 6.45) is 10.3. The molecule has 0 fully saturated rings. The number of aryl methyl sites for hydroxylation is 1. The highest BCUT2D eigenvalue weighted by atomic mass is 16.5. The fourth-order valence-electron chi connectivity index (χ4n) is 3.69. The number of fused-ring (bicyclic) bond motifs is 1. The van der Waals surface area contributed by atoms with Crippen LogP contribution in [-0.4, -0.2) is 12.6 Å². The summed E-state index contributed by atoms with van der Waals surface area (Å²) in [5, 5.41) is 2.19. The second-order valence-corrected chi connectivity index (χ2v) is 8.25. The lowest BCUT2D eigenvalue weighted by Crippen LogP contribution is -2.08. The molecule has 0 N–H and O–H groups in total. The van der Waals surface area contributed by atoms with E-state index in [4.69, 9.17) is 9.47 Å². The van der Waals surface area contributed by atoms with Crippen LogP contribution in [-0.2, 0) is 0 Å². The Morgan fingerprint density at radius 3 is 2.06 bits per heavy atom. The van der Waals surface area contributed by atoms with Gasteiger partial charge in [0, 0.05) is 0 Å². The summed E-state index contributed by atoms with van der Waals surface area (Å²) in [5.74, 6) is 0.984. The van der Waals surface area contributed by atoms with Crippen LogP contribution in [0, 0.1) is 6.92 Å². The number of benzene rings is 3. The van der Waals surface area contributed by atoms with Gasteiger partial charge in [0.05, 0.1) is 12.2 Å². The molecule has 0 atom stereocenters. The van der Waals surface area contributed by atoms with Gasteiger partial charge in [-0.1, -0.05) is 81.7 Å². The van der Waals surface area contributed by atoms with Gasteiger partial charge in [-0.15, -0.1) is 0 Å². The Morgan fingerprint density at radius 2 is 1.32 bits per heavy atom. The minimum atomic E-state index is -0.360. The second kappa shape index (κ2) is 12.1. The van der Waals surface area contributed by atoms with Crippen molar-refractivity contribution in [2.24, 2.45) is 0 Å². The molecule has 3 nitrogen and oxygen atoms in total. The third-order valence-electron chi connectivity index (χ3n) is 5.53. The molecule has 0 saturated carbocycles. The van der Waals surface area contributed by atoms with E-state index in [0.29, 0.717) is 11.3 Å². The van der Waals surface area contributed by atoms with E-state index < -0.39 is 0 Å². The van der Waals surface area contributed by atoms with Gasteiger partial charge in [-0.3, -0.25) is 0 Å². The summed E-state index contributed by atoms with van der Waals surface area (Å²) in [7, 11) is 0. The Bertz CT molecular complexity index is 960. The van der Waals surface area contributed by atoms with Gasteiger partial charge >= 0.3 is 5.97 Å². The van der Waals surface area contributed by atoms with Gasteiger partial charge in [0.2, 0.25) is 0 Å². The fraction of sp³-hybridized carbons (Fsp3) is 0.393. The normalized spacial score (nSPS) is 10.9. The summed E-state index contributed by atoms with van der Waals surface area (Å²) in [5.41, 5.74) is 1.73. The lowest BCUT2D eigenvalue weighted by Gasteiger charge is -2.08. The second-order valence-electron chi connectivity index (χ2n) is 8.25. The first kappa shape index (κ1) is 22.9. The van der Waals surface area contributed by atoms with E-state index in [-0.39, 0.29) is 5.97 Å². The number of hydrogen-bond acceptors (Lipinski definition) is 3. The van der Waals surface area contributed by atoms with Crippen LogP contribution in [0.3, 0.4) is 0 Å². The van der Waals surface area contributed by atoms with Crippen LogP contribution in [0.25, 0.3) is 10.8 Å². The number of carbonyl (C=O) groups is 1. The predicted molar refractivity (Wildman–Crippen MR) is 128 cm³/mol. The van der Waals surface area contributed by atoms with Gasteiger partial charge in [0.15, 0.2) is 0 Å². The molecule has 0 radical (unpaired) electrons. The predicted octanol–water partition coefficient (Wildman–Crippen LogP) is 7.89. The fourth-order valence-corrected chi connectivity index (χ4v) is 3.69. The molecule has 3 aromatic carbocycles. The monoisotopic (exact) mass is 418 g/mol. The molecular weight excluding hydrogens is 384 g/mol. The Balaban J connectivity index is 1.41. The molecule has 31 heavy (non-hydrogen) atoms. The molecule has 0 spiro atoms. The van der Waals surface area contributed by atoms with Crippen molar-refractivity contribution in [3.63, 3.8) is 0 Å². The number of unbranched alkanes of at least 4 members (excludes halogenated alkanes) is 7. The standard InChI is InChI=1S/C28H34O3/c1-3-4-5-6-7-8-9-10-19-30-26-16-13-23(14-17-26)28(29)31-27-18-15-24-20-22(2)11-12-25(24)21-27/h11-18,20-21H,3-10,19H2,1-2H3. The first-order valence-electron chi connectivity index (χ1n) is 11.6. The van der Waals surface area contributed by atoms with Gasteiger partial charge in [-0.05, 0) is 60.5 Å². The maximum Gasteiger partial charge on any atom is 0.343 e. The quantitative estimate of drug-likeness (QED) is 0.170.